The number of benzene rings is 8. The fourth-order valence-corrected chi connectivity index (χ4v) is 5.72. The maximum absolute atomic E-state index is 9.65. The summed E-state index contributed by atoms with van der Waals surface area (Å²) >= 11 is 0. The number of rotatable bonds is 5. The van der Waals surface area contributed by atoms with Crippen molar-refractivity contribution < 1.29 is 25.0 Å². The largest absolute Gasteiger partial charge is 0.455 e. The zero-order valence-electron chi connectivity index (χ0n) is 38.9. The van der Waals surface area contributed by atoms with Gasteiger partial charge < -0.3 is 9.32 Å². The Hall–Kier alpha value is -6.12. The summed E-state index contributed by atoms with van der Waals surface area (Å²) < 4.78 is 142. The second kappa shape index (κ2) is 10.8. The number of hydrogen-bond donors (Lipinski definition) is 0. The predicted octanol–water partition coefficient (Wildman–Crippen LogP) is 12.7. The average Bonchev–Trinajstić information content (AvgIpc) is 3.65. The molecule has 0 spiro atoms. The summed E-state index contributed by atoms with van der Waals surface area (Å²) in [5.41, 5.74) is -0.626. The van der Waals surface area contributed by atoms with Crippen LogP contribution in [0.5, 0.6) is 0 Å². The van der Waals surface area contributed by atoms with Crippen molar-refractivity contribution in [3.63, 3.8) is 0 Å². The molecule has 0 saturated carbocycles. The van der Waals surface area contributed by atoms with Gasteiger partial charge in [0.1, 0.15) is 11.2 Å². The van der Waals surface area contributed by atoms with Crippen molar-refractivity contribution in [1.29, 1.82) is 0 Å². The fourth-order valence-electron chi connectivity index (χ4n) is 5.72. The highest BCUT2D eigenvalue weighted by Crippen LogP contribution is 2.45. The molecule has 0 atom stereocenters. The first-order valence-electron chi connectivity index (χ1n) is 22.0. The zero-order valence-corrected chi connectivity index (χ0v) is 23.9. The molecule has 216 valence electrons. The van der Waals surface area contributed by atoms with E-state index in [-0.39, 0.29) is 16.9 Å². The number of hydrogen-bond acceptors (Lipinski definition) is 2. The van der Waals surface area contributed by atoms with E-state index in [0.29, 0.717) is 27.5 Å². The van der Waals surface area contributed by atoms with Crippen LogP contribution in [0, 0.1) is 0 Å². The number of furan rings is 1. The monoisotopic (exact) mass is 602 g/mol. The highest BCUT2D eigenvalue weighted by Gasteiger charge is 2.20. The lowest BCUT2D eigenvalue weighted by molar-refractivity contribution is 0.672. The van der Waals surface area contributed by atoms with Gasteiger partial charge in [-0.25, -0.2) is 0 Å². The maximum Gasteiger partial charge on any atom is 0.143 e. The third-order valence-electron chi connectivity index (χ3n) is 7.84. The van der Waals surface area contributed by atoms with E-state index >= 15 is 0 Å². The van der Waals surface area contributed by atoms with Gasteiger partial charge in [0.25, 0.3) is 0 Å². The molecule has 0 N–H and O–H groups in total. The third kappa shape index (κ3) is 4.43. The molecule has 0 unspecified atom stereocenters. The summed E-state index contributed by atoms with van der Waals surface area (Å²) in [5.74, 6) is 0. The molecule has 9 aromatic rings. The predicted molar refractivity (Wildman–Crippen MR) is 194 cm³/mol. The molecule has 8 aromatic carbocycles. The Morgan fingerprint density at radius 2 is 1.24 bits per heavy atom. The van der Waals surface area contributed by atoms with Crippen LogP contribution in [0.25, 0.3) is 65.7 Å². The van der Waals surface area contributed by atoms with Crippen molar-refractivity contribution >= 4 is 60.5 Å². The van der Waals surface area contributed by atoms with Crippen molar-refractivity contribution in [1.82, 2.24) is 0 Å². The van der Waals surface area contributed by atoms with E-state index in [9.17, 15) is 8.22 Å². The molecule has 0 bridgehead atoms. The molecule has 2 heteroatoms. The highest BCUT2D eigenvalue weighted by molar-refractivity contribution is 6.19. The van der Waals surface area contributed by atoms with Gasteiger partial charge in [-0.05, 0) is 86.8 Å². The Balaban J connectivity index is 1.43. The minimum Gasteiger partial charge on any atom is -0.455 e. The van der Waals surface area contributed by atoms with Crippen LogP contribution >= 0.6 is 0 Å². The standard InChI is InChI=1S/C44H29NO/c1-2-10-30(11-3-1)35-15-8-16-38(29-35)45(37-25-22-32(23-26-37)36-21-20-31-12-4-5-14-34(31)28-36)41-18-9-19-42-43(41)40-27-24-33-13-6-7-17-39(33)44(40)46-42/h1-29H/i4D,5D,8D,12D,14D,15D,16D,20D,21D,22D,23D,25D,26D,28D,29D. The van der Waals surface area contributed by atoms with Gasteiger partial charge in [-0.15, -0.1) is 0 Å². The topological polar surface area (TPSA) is 16.4 Å². The average molecular weight is 603 g/mol. The van der Waals surface area contributed by atoms with E-state index in [2.05, 4.69) is 0 Å². The summed E-state index contributed by atoms with van der Waals surface area (Å²) in [4.78, 5) is 1.20. The van der Waals surface area contributed by atoms with Crippen molar-refractivity contribution in [3.8, 4) is 22.3 Å². The van der Waals surface area contributed by atoms with Gasteiger partial charge >= 0.3 is 0 Å². The van der Waals surface area contributed by atoms with E-state index in [1.165, 1.54) is 4.90 Å². The molecular weight excluding hydrogens is 558 g/mol. The van der Waals surface area contributed by atoms with Gasteiger partial charge in [-0.3, -0.25) is 0 Å². The van der Waals surface area contributed by atoms with Gasteiger partial charge in [0.15, 0.2) is 0 Å². The molecule has 1 heterocycles. The van der Waals surface area contributed by atoms with Crippen LogP contribution in [-0.4, -0.2) is 0 Å². The second-order valence-corrected chi connectivity index (χ2v) is 10.6. The number of fused-ring (bicyclic) bond motifs is 6. The SMILES string of the molecule is [2H]c1c([2H])c(-c2ccccc2)c([2H])c(N(c2c([2H])c([2H])c(-c3c([2H])c([2H])c4c([2H])c([2H])c([2H])c([2H])c4c3[2H])c([2H])c2[2H])c2cccc3oc4c5ccccc5ccc4c23)c1[2H]. The lowest BCUT2D eigenvalue weighted by atomic mass is 10.00. The molecule has 0 aliphatic carbocycles. The third-order valence-corrected chi connectivity index (χ3v) is 7.84. The number of nitrogens with zero attached hydrogens (tertiary/aromatic N) is 1. The van der Waals surface area contributed by atoms with E-state index in [1.807, 2.05) is 36.4 Å². The highest BCUT2D eigenvalue weighted by atomic mass is 16.3. The molecule has 46 heavy (non-hydrogen) atoms. The molecular formula is C44H29NO. The van der Waals surface area contributed by atoms with Gasteiger partial charge in [0.2, 0.25) is 0 Å². The van der Waals surface area contributed by atoms with Crippen LogP contribution in [0.15, 0.2) is 180 Å². The first-order valence-corrected chi connectivity index (χ1v) is 14.5. The van der Waals surface area contributed by atoms with Crippen LogP contribution in [0.2, 0.25) is 0 Å². The molecule has 9 rings (SSSR count). The van der Waals surface area contributed by atoms with E-state index < -0.39 is 118 Å². The minimum absolute atomic E-state index is 0.0231. The molecule has 0 fully saturated rings. The van der Waals surface area contributed by atoms with Crippen LogP contribution in [0.4, 0.5) is 17.1 Å². The summed E-state index contributed by atoms with van der Waals surface area (Å²) in [5, 5.41) is 1.81. The Morgan fingerprint density at radius 3 is 2.13 bits per heavy atom. The molecule has 0 aliphatic heterocycles. The molecule has 0 saturated heterocycles. The summed E-state index contributed by atoms with van der Waals surface area (Å²) in [6, 6.07) is 14.6. The normalized spacial score (nSPS) is 16.0. The second-order valence-electron chi connectivity index (χ2n) is 10.6. The van der Waals surface area contributed by atoms with Gasteiger partial charge in [0.05, 0.1) is 31.6 Å². The van der Waals surface area contributed by atoms with Crippen molar-refractivity contribution in [2.75, 3.05) is 4.90 Å². The Bertz CT molecular complexity index is 3360. The lowest BCUT2D eigenvalue weighted by Crippen LogP contribution is -2.10. The van der Waals surface area contributed by atoms with Crippen molar-refractivity contribution in [2.45, 2.75) is 0 Å². The summed E-state index contributed by atoms with van der Waals surface area (Å²) in [7, 11) is 0. The quantitative estimate of drug-likeness (QED) is 0.195. The first-order chi connectivity index (χ1) is 29.1. The van der Waals surface area contributed by atoms with Gasteiger partial charge in [0, 0.05) is 22.1 Å². The van der Waals surface area contributed by atoms with Crippen LogP contribution in [-0.2, 0) is 0 Å². The van der Waals surface area contributed by atoms with Crippen molar-refractivity contribution in [3.05, 3.63) is 176 Å². The molecule has 0 amide bonds. The molecule has 2 nitrogen and oxygen atoms in total. The Morgan fingerprint density at radius 1 is 0.457 bits per heavy atom. The lowest BCUT2D eigenvalue weighted by Gasteiger charge is -2.27. The smallest absolute Gasteiger partial charge is 0.143 e. The molecule has 0 aliphatic rings. The van der Waals surface area contributed by atoms with Crippen LogP contribution < -0.4 is 4.90 Å². The molecule has 1 aromatic heterocycles. The van der Waals surface area contributed by atoms with E-state index in [4.69, 9.17) is 16.8 Å². The first kappa shape index (κ1) is 15.2. The van der Waals surface area contributed by atoms with Crippen LogP contribution in [0.3, 0.4) is 0 Å². The maximum atomic E-state index is 9.65. The number of anilines is 3. The zero-order chi connectivity index (χ0) is 43.5. The Labute approximate surface area is 288 Å². The van der Waals surface area contributed by atoms with E-state index in [1.54, 1.807) is 48.5 Å². The Kier molecular flexibility index (Phi) is 3.58. The minimum atomic E-state index is -0.789. The fraction of sp³-hybridized carbons (Fsp3) is 0. The van der Waals surface area contributed by atoms with Crippen molar-refractivity contribution in [2.24, 2.45) is 0 Å². The summed E-state index contributed by atoms with van der Waals surface area (Å²) in [6.07, 6.45) is 0. The van der Waals surface area contributed by atoms with Gasteiger partial charge in [-0.1, -0.05) is 127 Å². The van der Waals surface area contributed by atoms with E-state index in [0.717, 1.165) is 10.8 Å². The summed E-state index contributed by atoms with van der Waals surface area (Å²) in [6.45, 7) is 0. The van der Waals surface area contributed by atoms with Crippen LogP contribution in [0.1, 0.15) is 20.6 Å². The molecule has 0 radical (unpaired) electrons. The van der Waals surface area contributed by atoms with Gasteiger partial charge in [-0.2, -0.15) is 0 Å².